The number of alkyl halides is 3. The Bertz CT molecular complexity index is 1100. The van der Waals surface area contributed by atoms with Crippen LogP contribution in [0.15, 0.2) is 36.7 Å². The second-order valence-electron chi connectivity index (χ2n) is 7.57. The van der Waals surface area contributed by atoms with Crippen LogP contribution in [0.3, 0.4) is 0 Å². The Morgan fingerprint density at radius 1 is 1.28 bits per heavy atom. The van der Waals surface area contributed by atoms with Crippen molar-refractivity contribution in [1.29, 1.82) is 0 Å². The molecular formula is C21H21ClF3N5O2. The van der Waals surface area contributed by atoms with Gasteiger partial charge in [0.05, 0.1) is 28.8 Å². The molecule has 1 aliphatic rings. The van der Waals surface area contributed by atoms with Crippen LogP contribution in [0.2, 0.25) is 5.02 Å². The van der Waals surface area contributed by atoms with Crippen LogP contribution in [0, 0.1) is 0 Å². The van der Waals surface area contributed by atoms with Crippen LogP contribution in [0.1, 0.15) is 42.6 Å². The lowest BCUT2D eigenvalue weighted by Gasteiger charge is -2.07. The third-order valence-corrected chi connectivity index (χ3v) is 5.44. The van der Waals surface area contributed by atoms with Crippen LogP contribution in [0.5, 0.6) is 5.75 Å². The number of benzene rings is 1. The van der Waals surface area contributed by atoms with Gasteiger partial charge in [-0.3, -0.25) is 9.48 Å². The molecule has 2 heterocycles. The van der Waals surface area contributed by atoms with E-state index in [4.69, 9.17) is 16.3 Å². The fraction of sp³-hybridized carbons (Fsp3) is 0.381. The minimum atomic E-state index is -4.68. The van der Waals surface area contributed by atoms with Crippen LogP contribution in [0.4, 0.5) is 18.9 Å². The molecule has 0 radical (unpaired) electrons. The summed E-state index contributed by atoms with van der Waals surface area (Å²) in [6.07, 6.45) is 0.696. The molecule has 0 spiro atoms. The zero-order chi connectivity index (χ0) is 22.9. The molecule has 3 aromatic rings. The molecule has 1 N–H and O–H groups in total. The zero-order valence-electron chi connectivity index (χ0n) is 17.2. The number of aromatic nitrogens is 4. The highest BCUT2D eigenvalue weighted by Crippen LogP contribution is 2.46. The highest BCUT2D eigenvalue weighted by atomic mass is 35.5. The summed E-state index contributed by atoms with van der Waals surface area (Å²) in [6, 6.07) is 7.69. The average molecular weight is 468 g/mol. The average Bonchev–Trinajstić information content (AvgIpc) is 3.38. The van der Waals surface area contributed by atoms with Gasteiger partial charge in [-0.25, -0.2) is 4.68 Å². The van der Waals surface area contributed by atoms with Crippen molar-refractivity contribution < 1.29 is 22.7 Å². The number of hydrogen-bond donors (Lipinski definition) is 1. The number of rotatable bonds is 8. The fourth-order valence-electron chi connectivity index (χ4n) is 3.30. The Labute approximate surface area is 187 Å². The van der Waals surface area contributed by atoms with E-state index >= 15 is 0 Å². The first-order chi connectivity index (χ1) is 15.2. The quantitative estimate of drug-likeness (QED) is 0.513. The molecule has 0 unspecified atom stereocenters. The second kappa shape index (κ2) is 8.85. The molecule has 1 amide bonds. The fourth-order valence-corrected chi connectivity index (χ4v) is 3.70. The number of nitrogens with one attached hydrogen (secondary N) is 1. The molecule has 11 heteroatoms. The van der Waals surface area contributed by atoms with Gasteiger partial charge in [0.15, 0.2) is 12.4 Å². The standard InChI is InChI=1S/C21H21ClF3N5O2/c1-2-13-3-7-16(8-4-13)32-12-29-10-15(9-26-29)27-17(31)11-30-19(14-5-6-14)18(22)20(28-30)21(23,24)25/h3-4,7-10,14H,2,5-6,11-12H2,1H3,(H,27,31). The number of carbonyl (C=O) groups excluding carboxylic acids is 1. The SMILES string of the molecule is CCc1ccc(OCn2cc(NC(=O)Cn3nc(C(F)(F)F)c(Cl)c3C3CC3)cn2)cc1. The lowest BCUT2D eigenvalue weighted by atomic mass is 10.2. The summed E-state index contributed by atoms with van der Waals surface area (Å²) in [5.41, 5.74) is 0.687. The molecule has 170 valence electrons. The van der Waals surface area contributed by atoms with Crippen molar-refractivity contribution in [2.75, 3.05) is 5.32 Å². The molecule has 0 atom stereocenters. The highest BCUT2D eigenvalue weighted by molar-refractivity contribution is 6.32. The lowest BCUT2D eigenvalue weighted by Crippen LogP contribution is -2.21. The van der Waals surface area contributed by atoms with E-state index in [2.05, 4.69) is 22.4 Å². The summed E-state index contributed by atoms with van der Waals surface area (Å²) < 4.78 is 47.7. The second-order valence-corrected chi connectivity index (χ2v) is 7.94. The smallest absolute Gasteiger partial charge is 0.436 e. The van der Waals surface area contributed by atoms with Crippen LogP contribution in [-0.2, 0) is 30.7 Å². The molecule has 7 nitrogen and oxygen atoms in total. The van der Waals surface area contributed by atoms with Gasteiger partial charge in [0.1, 0.15) is 12.3 Å². The van der Waals surface area contributed by atoms with Crippen molar-refractivity contribution in [3.8, 4) is 5.75 Å². The lowest BCUT2D eigenvalue weighted by molar-refractivity contribution is -0.141. The van der Waals surface area contributed by atoms with E-state index in [1.54, 1.807) is 6.20 Å². The van der Waals surface area contributed by atoms with E-state index in [-0.39, 0.29) is 24.9 Å². The van der Waals surface area contributed by atoms with Crippen molar-refractivity contribution in [1.82, 2.24) is 19.6 Å². The van der Waals surface area contributed by atoms with Gasteiger partial charge in [-0.15, -0.1) is 0 Å². The Hall–Kier alpha value is -3.01. The molecular weight excluding hydrogens is 447 g/mol. The number of aryl methyl sites for hydroxylation is 1. The van der Waals surface area contributed by atoms with Crippen molar-refractivity contribution in [3.63, 3.8) is 0 Å². The molecule has 32 heavy (non-hydrogen) atoms. The topological polar surface area (TPSA) is 74.0 Å². The molecule has 1 aromatic carbocycles. The summed E-state index contributed by atoms with van der Waals surface area (Å²) in [7, 11) is 0. The van der Waals surface area contributed by atoms with Gasteiger partial charge in [0, 0.05) is 5.92 Å². The van der Waals surface area contributed by atoms with Crippen molar-refractivity contribution in [2.45, 2.75) is 51.6 Å². The Kier molecular flexibility index (Phi) is 6.14. The first-order valence-electron chi connectivity index (χ1n) is 10.1. The molecule has 0 saturated heterocycles. The van der Waals surface area contributed by atoms with Gasteiger partial charge in [-0.2, -0.15) is 23.4 Å². The van der Waals surface area contributed by atoms with Crippen LogP contribution in [0.25, 0.3) is 0 Å². The Morgan fingerprint density at radius 3 is 2.62 bits per heavy atom. The van der Waals surface area contributed by atoms with Crippen molar-refractivity contribution in [2.24, 2.45) is 0 Å². The predicted molar refractivity (Wildman–Crippen MR) is 112 cm³/mol. The normalized spacial score (nSPS) is 13.9. The van der Waals surface area contributed by atoms with Crippen molar-refractivity contribution >= 4 is 23.2 Å². The maximum Gasteiger partial charge on any atom is 0.436 e. The van der Waals surface area contributed by atoms with E-state index < -0.39 is 22.8 Å². The molecule has 1 saturated carbocycles. The molecule has 0 aliphatic heterocycles. The highest BCUT2D eigenvalue weighted by Gasteiger charge is 2.42. The minimum absolute atomic E-state index is 0.106. The maximum atomic E-state index is 13.2. The zero-order valence-corrected chi connectivity index (χ0v) is 18.0. The number of nitrogens with zero attached hydrogens (tertiary/aromatic N) is 4. The Morgan fingerprint density at radius 2 is 2.00 bits per heavy atom. The third-order valence-electron chi connectivity index (χ3n) is 5.07. The van der Waals surface area contributed by atoms with Crippen LogP contribution in [-0.4, -0.2) is 25.5 Å². The molecule has 1 aliphatic carbocycles. The van der Waals surface area contributed by atoms with Crippen molar-refractivity contribution in [3.05, 3.63) is 58.6 Å². The number of halogens is 4. The maximum absolute atomic E-state index is 13.2. The van der Waals surface area contributed by atoms with Gasteiger partial charge in [0.2, 0.25) is 5.91 Å². The molecule has 0 bridgehead atoms. The number of hydrogen-bond acceptors (Lipinski definition) is 4. The summed E-state index contributed by atoms with van der Waals surface area (Å²) >= 11 is 5.94. The summed E-state index contributed by atoms with van der Waals surface area (Å²) in [5, 5.41) is 9.87. The van der Waals surface area contributed by atoms with E-state index in [9.17, 15) is 18.0 Å². The van der Waals surface area contributed by atoms with Crippen LogP contribution >= 0.6 is 11.6 Å². The van der Waals surface area contributed by atoms with Gasteiger partial charge in [0.25, 0.3) is 0 Å². The van der Waals surface area contributed by atoms with Gasteiger partial charge < -0.3 is 10.1 Å². The van der Waals surface area contributed by atoms with E-state index in [1.807, 2.05) is 24.3 Å². The summed E-state index contributed by atoms with van der Waals surface area (Å²) in [4.78, 5) is 12.4. The largest absolute Gasteiger partial charge is 0.471 e. The van der Waals surface area contributed by atoms with E-state index in [0.29, 0.717) is 11.4 Å². The summed E-state index contributed by atoms with van der Waals surface area (Å²) in [5.74, 6) is 0.0486. The first-order valence-corrected chi connectivity index (χ1v) is 10.5. The van der Waals surface area contributed by atoms with Gasteiger partial charge in [-0.05, 0) is 37.0 Å². The third kappa shape index (κ3) is 5.07. The Balaban J connectivity index is 1.37. The number of ether oxygens (including phenoxy) is 1. The summed E-state index contributed by atoms with van der Waals surface area (Å²) in [6.45, 7) is 1.82. The monoisotopic (exact) mass is 467 g/mol. The molecule has 2 aromatic heterocycles. The van der Waals surface area contributed by atoms with Gasteiger partial charge in [-0.1, -0.05) is 30.7 Å². The predicted octanol–water partition coefficient (Wildman–Crippen LogP) is 4.87. The van der Waals surface area contributed by atoms with Crippen LogP contribution < -0.4 is 10.1 Å². The number of carbonyl (C=O) groups is 1. The molecule has 1 fully saturated rings. The van der Waals surface area contributed by atoms with Gasteiger partial charge >= 0.3 is 6.18 Å². The molecule has 4 rings (SSSR count). The number of anilines is 1. The van der Waals surface area contributed by atoms with E-state index in [1.165, 1.54) is 16.4 Å². The van der Waals surface area contributed by atoms with E-state index in [0.717, 1.165) is 23.9 Å². The minimum Gasteiger partial charge on any atom is -0.471 e. The first kappa shape index (κ1) is 22.2. The number of amides is 1.